The summed E-state index contributed by atoms with van der Waals surface area (Å²) < 4.78 is 0. The van der Waals surface area contributed by atoms with Crippen LogP contribution < -0.4 is 10.2 Å². The fraction of sp³-hybridized carbons (Fsp3) is 0.261. The average molecular weight is 439 g/mol. The van der Waals surface area contributed by atoms with E-state index in [1.54, 1.807) is 36.3 Å². The second-order valence-corrected chi connectivity index (χ2v) is 8.88. The Labute approximate surface area is 185 Å². The van der Waals surface area contributed by atoms with Crippen LogP contribution in [-0.2, 0) is 4.79 Å². The van der Waals surface area contributed by atoms with Gasteiger partial charge in [-0.05, 0) is 50.1 Å². The van der Waals surface area contributed by atoms with Gasteiger partial charge in [-0.2, -0.15) is 0 Å². The maximum atomic E-state index is 12.8. The molecule has 2 heterocycles. The van der Waals surface area contributed by atoms with Crippen molar-refractivity contribution in [2.24, 2.45) is 5.92 Å². The van der Waals surface area contributed by atoms with Crippen molar-refractivity contribution in [3.05, 3.63) is 71.5 Å². The predicted molar refractivity (Wildman–Crippen MR) is 122 cm³/mol. The lowest BCUT2D eigenvalue weighted by atomic mass is 9.97. The van der Waals surface area contributed by atoms with Crippen LogP contribution in [0.5, 0.6) is 0 Å². The number of nitrogens with one attached hydrogen (secondary N) is 1. The van der Waals surface area contributed by atoms with E-state index in [1.165, 1.54) is 5.56 Å². The van der Waals surface area contributed by atoms with Gasteiger partial charge in [-0.15, -0.1) is 0 Å². The maximum absolute atomic E-state index is 12.8. The summed E-state index contributed by atoms with van der Waals surface area (Å²) in [6, 6.07) is 15.6. The Morgan fingerprint density at radius 1 is 1.17 bits per heavy atom. The Morgan fingerprint density at radius 2 is 1.97 bits per heavy atom. The van der Waals surface area contributed by atoms with Crippen molar-refractivity contribution >= 4 is 40.8 Å². The van der Waals surface area contributed by atoms with Gasteiger partial charge in [0.25, 0.3) is 0 Å². The van der Waals surface area contributed by atoms with E-state index >= 15 is 0 Å². The van der Waals surface area contributed by atoms with Gasteiger partial charge in [0.15, 0.2) is 5.82 Å². The van der Waals surface area contributed by atoms with Gasteiger partial charge in [0.05, 0.1) is 5.92 Å². The van der Waals surface area contributed by atoms with E-state index in [4.69, 9.17) is 11.6 Å². The molecule has 1 aliphatic heterocycles. The molecule has 0 radical (unpaired) electrons. The molecule has 7 heteroatoms. The molecule has 1 N–H and O–H groups in total. The first-order chi connectivity index (χ1) is 14.6. The van der Waals surface area contributed by atoms with Gasteiger partial charge >= 0.3 is 0 Å². The van der Waals surface area contributed by atoms with Crippen LogP contribution in [0.1, 0.15) is 18.4 Å². The molecule has 0 spiro atoms. The molecular weight excluding hydrogens is 416 g/mol. The largest absolute Gasteiger partial charge is 0.354 e. The summed E-state index contributed by atoms with van der Waals surface area (Å²) >= 11 is 7.63. The Bertz CT molecular complexity index is 1030. The Kier molecular flexibility index (Phi) is 6.55. The van der Waals surface area contributed by atoms with Gasteiger partial charge < -0.3 is 10.2 Å². The lowest BCUT2D eigenvalue weighted by Crippen LogP contribution is -2.41. The van der Waals surface area contributed by atoms with Crippen LogP contribution in [0.15, 0.2) is 70.8 Å². The number of halogens is 1. The molecule has 1 fully saturated rings. The first-order valence-corrected chi connectivity index (χ1v) is 11.1. The van der Waals surface area contributed by atoms with Gasteiger partial charge in [-0.25, -0.2) is 9.97 Å². The molecule has 4 rings (SSSR count). The number of carbonyl (C=O) groups is 1. The van der Waals surface area contributed by atoms with Crippen molar-refractivity contribution in [3.8, 4) is 0 Å². The molecule has 2 aromatic carbocycles. The van der Waals surface area contributed by atoms with Crippen molar-refractivity contribution in [1.29, 1.82) is 0 Å². The number of aryl methyl sites for hydroxylation is 1. The topological polar surface area (TPSA) is 58.1 Å². The monoisotopic (exact) mass is 438 g/mol. The van der Waals surface area contributed by atoms with Crippen molar-refractivity contribution < 1.29 is 4.79 Å². The zero-order valence-electron chi connectivity index (χ0n) is 16.7. The highest BCUT2D eigenvalue weighted by molar-refractivity contribution is 7.99. The zero-order chi connectivity index (χ0) is 20.9. The highest BCUT2D eigenvalue weighted by Crippen LogP contribution is 2.34. The number of hydrogen-bond donors (Lipinski definition) is 1. The quantitative estimate of drug-likeness (QED) is 0.574. The molecule has 3 aromatic rings. The van der Waals surface area contributed by atoms with Gasteiger partial charge in [0.2, 0.25) is 5.91 Å². The molecule has 30 heavy (non-hydrogen) atoms. The van der Waals surface area contributed by atoms with Crippen LogP contribution >= 0.6 is 23.4 Å². The molecule has 1 aromatic heterocycles. The number of piperidine rings is 1. The van der Waals surface area contributed by atoms with Gasteiger partial charge in [0.1, 0.15) is 5.03 Å². The number of nitrogens with zero attached hydrogens (tertiary/aromatic N) is 3. The SMILES string of the molecule is Cc1ccc(Sc2nccnc2N2CCC[C@H](C(=O)Nc3cccc(Cl)c3)C2)cc1. The summed E-state index contributed by atoms with van der Waals surface area (Å²) in [6.07, 6.45) is 5.21. The first-order valence-electron chi connectivity index (χ1n) is 9.95. The number of anilines is 2. The maximum Gasteiger partial charge on any atom is 0.229 e. The van der Waals surface area contributed by atoms with Gasteiger partial charge in [-0.3, -0.25) is 4.79 Å². The van der Waals surface area contributed by atoms with Crippen molar-refractivity contribution in [2.75, 3.05) is 23.3 Å². The van der Waals surface area contributed by atoms with Crippen molar-refractivity contribution in [3.63, 3.8) is 0 Å². The van der Waals surface area contributed by atoms with E-state index in [0.29, 0.717) is 11.6 Å². The number of benzene rings is 2. The number of aromatic nitrogens is 2. The third-order valence-corrected chi connectivity index (χ3v) is 6.29. The standard InChI is InChI=1S/C23H23ClN4OS/c1-16-7-9-20(10-8-16)30-23-21(25-11-12-26-23)28-13-3-4-17(15-28)22(29)27-19-6-2-5-18(24)14-19/h2,5-12,14,17H,3-4,13,15H2,1H3,(H,27,29)/t17-/m0/s1. The van der Waals surface area contributed by atoms with Crippen LogP contribution in [0, 0.1) is 12.8 Å². The fourth-order valence-electron chi connectivity index (χ4n) is 3.52. The molecule has 0 aliphatic carbocycles. The Hall–Kier alpha value is -2.57. The molecular formula is C23H23ClN4OS. The predicted octanol–water partition coefficient (Wildman–Crippen LogP) is 5.44. The average Bonchev–Trinajstić information content (AvgIpc) is 2.76. The zero-order valence-corrected chi connectivity index (χ0v) is 18.3. The van der Waals surface area contributed by atoms with Crippen molar-refractivity contribution in [2.45, 2.75) is 29.7 Å². The summed E-state index contributed by atoms with van der Waals surface area (Å²) in [5, 5.41) is 4.46. The van der Waals surface area contributed by atoms with E-state index in [1.807, 2.05) is 12.1 Å². The van der Waals surface area contributed by atoms with Crippen LogP contribution in [0.4, 0.5) is 11.5 Å². The molecule has 154 valence electrons. The molecule has 1 aliphatic rings. The number of hydrogen-bond acceptors (Lipinski definition) is 5. The van der Waals surface area contributed by atoms with Crippen LogP contribution in [0.2, 0.25) is 5.02 Å². The second kappa shape index (κ2) is 9.49. The minimum atomic E-state index is -0.114. The van der Waals surface area contributed by atoms with E-state index in [2.05, 4.69) is 51.4 Å². The first kappa shape index (κ1) is 20.7. The van der Waals surface area contributed by atoms with Crippen LogP contribution in [-0.4, -0.2) is 29.0 Å². The van der Waals surface area contributed by atoms with Gasteiger partial charge in [0, 0.05) is 41.1 Å². The number of rotatable bonds is 5. The summed E-state index contributed by atoms with van der Waals surface area (Å²) in [5.74, 6) is 0.735. The minimum absolute atomic E-state index is 0.0126. The second-order valence-electron chi connectivity index (χ2n) is 7.38. The van der Waals surface area contributed by atoms with E-state index in [-0.39, 0.29) is 11.8 Å². The molecule has 0 unspecified atom stereocenters. The lowest BCUT2D eigenvalue weighted by molar-refractivity contribution is -0.120. The third-order valence-electron chi connectivity index (χ3n) is 5.07. The Morgan fingerprint density at radius 3 is 2.77 bits per heavy atom. The van der Waals surface area contributed by atoms with E-state index in [0.717, 1.165) is 40.8 Å². The Balaban J connectivity index is 1.48. The summed E-state index contributed by atoms with van der Waals surface area (Å²) in [4.78, 5) is 25.3. The smallest absolute Gasteiger partial charge is 0.229 e. The van der Waals surface area contributed by atoms with Crippen LogP contribution in [0.3, 0.4) is 0 Å². The molecule has 0 saturated carbocycles. The highest BCUT2D eigenvalue weighted by Gasteiger charge is 2.28. The van der Waals surface area contributed by atoms with Gasteiger partial charge in [-0.1, -0.05) is 47.1 Å². The summed E-state index contributed by atoms with van der Waals surface area (Å²) in [5.41, 5.74) is 1.95. The van der Waals surface area contributed by atoms with Crippen LogP contribution in [0.25, 0.3) is 0 Å². The van der Waals surface area contributed by atoms with Crippen molar-refractivity contribution in [1.82, 2.24) is 9.97 Å². The minimum Gasteiger partial charge on any atom is -0.354 e. The molecule has 1 atom stereocenters. The molecule has 0 bridgehead atoms. The lowest BCUT2D eigenvalue weighted by Gasteiger charge is -2.33. The number of carbonyl (C=O) groups excluding carboxylic acids is 1. The summed E-state index contributed by atoms with van der Waals surface area (Å²) in [6.45, 7) is 3.55. The summed E-state index contributed by atoms with van der Waals surface area (Å²) in [7, 11) is 0. The third kappa shape index (κ3) is 5.12. The molecule has 1 saturated heterocycles. The molecule has 5 nitrogen and oxygen atoms in total. The number of amides is 1. The normalized spacial score (nSPS) is 16.3. The van der Waals surface area contributed by atoms with E-state index < -0.39 is 0 Å². The van der Waals surface area contributed by atoms with E-state index in [9.17, 15) is 4.79 Å². The molecule has 1 amide bonds. The highest BCUT2D eigenvalue weighted by atomic mass is 35.5. The fourth-order valence-corrected chi connectivity index (χ4v) is 4.59.